The predicted molar refractivity (Wildman–Crippen MR) is 59.3 cm³/mol. The van der Waals surface area contributed by atoms with E-state index in [0.29, 0.717) is 12.2 Å². The van der Waals surface area contributed by atoms with E-state index < -0.39 is 0 Å². The number of nitrogens with one attached hydrogen (secondary N) is 1. The Balaban J connectivity index is 2.40. The summed E-state index contributed by atoms with van der Waals surface area (Å²) in [5, 5.41) is 3.21. The maximum absolute atomic E-state index is 13.3. The van der Waals surface area contributed by atoms with Crippen molar-refractivity contribution in [2.24, 2.45) is 0 Å². The van der Waals surface area contributed by atoms with Crippen LogP contribution >= 0.6 is 0 Å². The molecule has 0 saturated carbocycles. The highest BCUT2D eigenvalue weighted by atomic mass is 19.1. The van der Waals surface area contributed by atoms with E-state index in [1.807, 2.05) is 19.9 Å². The molecule has 0 radical (unpaired) electrons. The monoisotopic (exact) mass is 211 g/mol. The van der Waals surface area contributed by atoms with E-state index >= 15 is 0 Å². The molecule has 1 aromatic carbocycles. The molecule has 0 aliphatic carbocycles. The Hall–Kier alpha value is -0.930. The van der Waals surface area contributed by atoms with E-state index in [9.17, 15) is 4.39 Å². The highest BCUT2D eigenvalue weighted by Crippen LogP contribution is 2.15. The van der Waals surface area contributed by atoms with Crippen molar-refractivity contribution in [3.8, 4) is 0 Å². The fourth-order valence-electron chi connectivity index (χ4n) is 1.43. The van der Waals surface area contributed by atoms with Gasteiger partial charge in [0.15, 0.2) is 0 Å². The van der Waals surface area contributed by atoms with Crippen LogP contribution in [0.15, 0.2) is 24.3 Å². The van der Waals surface area contributed by atoms with Gasteiger partial charge in [0, 0.05) is 24.8 Å². The number of halogens is 1. The third-order valence-electron chi connectivity index (χ3n) is 2.27. The largest absolute Gasteiger partial charge is 0.380 e. The molecule has 0 aromatic heterocycles. The molecule has 2 nitrogen and oxygen atoms in total. The number of benzene rings is 1. The van der Waals surface area contributed by atoms with Gasteiger partial charge in [-0.05, 0) is 19.9 Å². The Labute approximate surface area is 90.4 Å². The van der Waals surface area contributed by atoms with Crippen molar-refractivity contribution in [2.75, 3.05) is 19.8 Å². The lowest BCUT2D eigenvalue weighted by atomic mass is 10.1. The van der Waals surface area contributed by atoms with Crippen molar-refractivity contribution < 1.29 is 9.13 Å². The van der Waals surface area contributed by atoms with Gasteiger partial charge in [-0.3, -0.25) is 0 Å². The van der Waals surface area contributed by atoms with Gasteiger partial charge in [0.05, 0.1) is 6.61 Å². The van der Waals surface area contributed by atoms with Crippen LogP contribution in [0.25, 0.3) is 0 Å². The van der Waals surface area contributed by atoms with Gasteiger partial charge in [0.2, 0.25) is 0 Å². The molecule has 0 heterocycles. The Morgan fingerprint density at radius 1 is 1.40 bits per heavy atom. The molecule has 84 valence electrons. The summed E-state index contributed by atoms with van der Waals surface area (Å²) in [5.41, 5.74) is 0.703. The standard InChI is InChI=1S/C12H18FNO/c1-3-15-9-8-14-10(2)11-6-4-5-7-12(11)13/h4-7,10,14H,3,8-9H2,1-2H3/t10-/m0/s1. The fraction of sp³-hybridized carbons (Fsp3) is 0.500. The van der Waals surface area contributed by atoms with Crippen molar-refractivity contribution in [3.05, 3.63) is 35.6 Å². The van der Waals surface area contributed by atoms with Crippen LogP contribution in [0, 0.1) is 5.82 Å². The third kappa shape index (κ3) is 3.98. The molecule has 1 atom stereocenters. The van der Waals surface area contributed by atoms with Crippen LogP contribution in [-0.4, -0.2) is 19.8 Å². The highest BCUT2D eigenvalue weighted by molar-refractivity contribution is 5.20. The minimum absolute atomic E-state index is 0.0201. The molecule has 15 heavy (non-hydrogen) atoms. The smallest absolute Gasteiger partial charge is 0.127 e. The first kappa shape index (κ1) is 12.1. The zero-order chi connectivity index (χ0) is 11.1. The van der Waals surface area contributed by atoms with E-state index in [2.05, 4.69) is 5.32 Å². The van der Waals surface area contributed by atoms with Gasteiger partial charge in [-0.15, -0.1) is 0 Å². The molecule has 3 heteroatoms. The molecule has 1 rings (SSSR count). The first-order valence-electron chi connectivity index (χ1n) is 5.31. The van der Waals surface area contributed by atoms with E-state index in [0.717, 1.165) is 13.2 Å². The maximum atomic E-state index is 13.3. The first-order chi connectivity index (χ1) is 7.25. The molecule has 0 unspecified atom stereocenters. The first-order valence-corrected chi connectivity index (χ1v) is 5.31. The summed E-state index contributed by atoms with van der Waals surface area (Å²) in [4.78, 5) is 0. The molecule has 0 aliphatic rings. The molecule has 0 saturated heterocycles. The Morgan fingerprint density at radius 2 is 2.13 bits per heavy atom. The molecule has 0 spiro atoms. The summed E-state index contributed by atoms with van der Waals surface area (Å²) in [7, 11) is 0. The second kappa shape index (κ2) is 6.53. The summed E-state index contributed by atoms with van der Waals surface area (Å²) in [5.74, 6) is -0.158. The Morgan fingerprint density at radius 3 is 2.80 bits per heavy atom. The summed E-state index contributed by atoms with van der Waals surface area (Å²) in [6, 6.07) is 6.85. The van der Waals surface area contributed by atoms with Crippen LogP contribution in [0.5, 0.6) is 0 Å². The molecule has 1 N–H and O–H groups in total. The molecular formula is C12H18FNO. The maximum Gasteiger partial charge on any atom is 0.127 e. The number of hydrogen-bond donors (Lipinski definition) is 1. The van der Waals surface area contributed by atoms with E-state index in [1.165, 1.54) is 6.07 Å². The fourth-order valence-corrected chi connectivity index (χ4v) is 1.43. The topological polar surface area (TPSA) is 21.3 Å². The Bertz CT molecular complexity index is 291. The molecule has 1 aromatic rings. The van der Waals surface area contributed by atoms with Gasteiger partial charge in [0.25, 0.3) is 0 Å². The summed E-state index contributed by atoms with van der Waals surface area (Å²) >= 11 is 0. The van der Waals surface area contributed by atoms with E-state index in [-0.39, 0.29) is 11.9 Å². The van der Waals surface area contributed by atoms with Gasteiger partial charge < -0.3 is 10.1 Å². The van der Waals surface area contributed by atoms with Crippen LogP contribution in [-0.2, 0) is 4.74 Å². The van der Waals surface area contributed by atoms with Gasteiger partial charge in [-0.2, -0.15) is 0 Å². The lowest BCUT2D eigenvalue weighted by Gasteiger charge is -2.14. The molecule has 0 aliphatic heterocycles. The summed E-state index contributed by atoms with van der Waals surface area (Å²) in [6.07, 6.45) is 0. The Kier molecular flexibility index (Phi) is 5.29. The SMILES string of the molecule is CCOCCN[C@@H](C)c1ccccc1F. The normalized spacial score (nSPS) is 12.7. The van der Waals surface area contributed by atoms with Crippen molar-refractivity contribution in [3.63, 3.8) is 0 Å². The van der Waals surface area contributed by atoms with Crippen molar-refractivity contribution in [1.82, 2.24) is 5.32 Å². The van der Waals surface area contributed by atoms with Crippen LogP contribution in [0.1, 0.15) is 25.5 Å². The minimum atomic E-state index is -0.158. The third-order valence-corrected chi connectivity index (χ3v) is 2.27. The number of rotatable bonds is 6. The highest BCUT2D eigenvalue weighted by Gasteiger charge is 2.08. The summed E-state index contributed by atoms with van der Waals surface area (Å²) < 4.78 is 18.5. The van der Waals surface area contributed by atoms with Crippen molar-refractivity contribution in [1.29, 1.82) is 0 Å². The molecule has 0 amide bonds. The zero-order valence-electron chi connectivity index (χ0n) is 9.29. The molecule has 0 fully saturated rings. The van der Waals surface area contributed by atoms with Crippen LogP contribution in [0.3, 0.4) is 0 Å². The van der Waals surface area contributed by atoms with Crippen LogP contribution in [0.4, 0.5) is 4.39 Å². The van der Waals surface area contributed by atoms with Gasteiger partial charge in [0.1, 0.15) is 5.82 Å². The van der Waals surface area contributed by atoms with Gasteiger partial charge in [-0.1, -0.05) is 18.2 Å². The quantitative estimate of drug-likeness (QED) is 0.730. The van der Waals surface area contributed by atoms with E-state index in [4.69, 9.17) is 4.74 Å². The molecule has 0 bridgehead atoms. The van der Waals surface area contributed by atoms with Crippen molar-refractivity contribution in [2.45, 2.75) is 19.9 Å². The molecular weight excluding hydrogens is 193 g/mol. The number of hydrogen-bond acceptors (Lipinski definition) is 2. The second-order valence-corrected chi connectivity index (χ2v) is 3.39. The lowest BCUT2D eigenvalue weighted by Crippen LogP contribution is -2.23. The predicted octanol–water partition coefficient (Wildman–Crippen LogP) is 2.51. The van der Waals surface area contributed by atoms with Crippen LogP contribution < -0.4 is 5.32 Å². The average molecular weight is 211 g/mol. The summed E-state index contributed by atoms with van der Waals surface area (Å²) in [6.45, 7) is 6.03. The van der Waals surface area contributed by atoms with Gasteiger partial charge >= 0.3 is 0 Å². The number of ether oxygens (including phenoxy) is 1. The zero-order valence-corrected chi connectivity index (χ0v) is 9.29. The minimum Gasteiger partial charge on any atom is -0.380 e. The van der Waals surface area contributed by atoms with Crippen LogP contribution in [0.2, 0.25) is 0 Å². The average Bonchev–Trinajstić information content (AvgIpc) is 2.25. The van der Waals surface area contributed by atoms with Crippen molar-refractivity contribution >= 4 is 0 Å². The van der Waals surface area contributed by atoms with E-state index in [1.54, 1.807) is 12.1 Å². The lowest BCUT2D eigenvalue weighted by molar-refractivity contribution is 0.147. The second-order valence-electron chi connectivity index (χ2n) is 3.39. The van der Waals surface area contributed by atoms with Gasteiger partial charge in [-0.25, -0.2) is 4.39 Å².